The molecule has 0 atom stereocenters. The van der Waals surface area contributed by atoms with Crippen LogP contribution in [0, 0.1) is 0 Å². The van der Waals surface area contributed by atoms with Crippen LogP contribution in [0.2, 0.25) is 0 Å². The summed E-state index contributed by atoms with van der Waals surface area (Å²) in [4.78, 5) is 4.65. The van der Waals surface area contributed by atoms with Crippen LogP contribution in [0.5, 0.6) is 11.5 Å². The van der Waals surface area contributed by atoms with E-state index in [0.717, 1.165) is 39.8 Å². The SMILES string of the molecule is CCCNc1nc2c(OC(C)C)cc(OC(C)C)cc2s1. The van der Waals surface area contributed by atoms with Crippen molar-refractivity contribution in [1.82, 2.24) is 4.98 Å². The minimum atomic E-state index is 0.108. The molecule has 0 saturated heterocycles. The number of benzene rings is 1. The summed E-state index contributed by atoms with van der Waals surface area (Å²) in [6.45, 7) is 11.1. The quantitative estimate of drug-likeness (QED) is 0.805. The molecule has 21 heavy (non-hydrogen) atoms. The highest BCUT2D eigenvalue weighted by Crippen LogP contribution is 2.37. The Balaban J connectivity index is 2.40. The fraction of sp³-hybridized carbons (Fsp3) is 0.562. The second kappa shape index (κ2) is 6.98. The molecule has 0 aliphatic carbocycles. The van der Waals surface area contributed by atoms with Crippen molar-refractivity contribution in [2.24, 2.45) is 0 Å². The molecule has 0 bridgehead atoms. The third-order valence-corrected chi connectivity index (χ3v) is 3.65. The van der Waals surface area contributed by atoms with Crippen LogP contribution >= 0.6 is 11.3 Å². The zero-order valence-corrected chi connectivity index (χ0v) is 14.2. The van der Waals surface area contributed by atoms with Crippen LogP contribution < -0.4 is 14.8 Å². The lowest BCUT2D eigenvalue weighted by Gasteiger charge is -2.14. The molecule has 0 fully saturated rings. The van der Waals surface area contributed by atoms with Gasteiger partial charge in [0.2, 0.25) is 0 Å². The smallest absolute Gasteiger partial charge is 0.183 e. The number of nitrogens with one attached hydrogen (secondary N) is 1. The molecule has 5 heteroatoms. The van der Waals surface area contributed by atoms with Gasteiger partial charge in [0.25, 0.3) is 0 Å². The molecule has 1 N–H and O–H groups in total. The lowest BCUT2D eigenvalue weighted by Crippen LogP contribution is -2.08. The second-order valence-corrected chi connectivity index (χ2v) is 6.58. The minimum absolute atomic E-state index is 0.108. The Kier molecular flexibility index (Phi) is 5.28. The standard InChI is InChI=1S/C16H24N2O2S/c1-6-7-17-16-18-15-13(20-11(4)5)8-12(19-10(2)3)9-14(15)21-16/h8-11H,6-7H2,1-5H3,(H,17,18). The number of hydrogen-bond acceptors (Lipinski definition) is 5. The van der Waals surface area contributed by atoms with Crippen LogP contribution in [-0.4, -0.2) is 23.7 Å². The van der Waals surface area contributed by atoms with Crippen molar-refractivity contribution in [3.8, 4) is 11.5 Å². The first-order valence-electron chi connectivity index (χ1n) is 7.51. The molecule has 1 aromatic heterocycles. The minimum Gasteiger partial charge on any atom is -0.491 e. The maximum atomic E-state index is 5.90. The molecule has 0 saturated carbocycles. The molecule has 1 aromatic carbocycles. The number of fused-ring (bicyclic) bond motifs is 1. The van der Waals surface area contributed by atoms with E-state index in [1.807, 2.05) is 39.8 Å². The molecule has 0 amide bonds. The van der Waals surface area contributed by atoms with E-state index in [9.17, 15) is 0 Å². The first kappa shape index (κ1) is 15.9. The largest absolute Gasteiger partial charge is 0.491 e. The van der Waals surface area contributed by atoms with Gasteiger partial charge in [0.15, 0.2) is 10.9 Å². The Bertz CT molecular complexity index is 593. The highest BCUT2D eigenvalue weighted by atomic mass is 32.1. The van der Waals surface area contributed by atoms with Crippen molar-refractivity contribution in [3.63, 3.8) is 0 Å². The van der Waals surface area contributed by atoms with Crippen LogP contribution in [0.4, 0.5) is 5.13 Å². The van der Waals surface area contributed by atoms with Crippen LogP contribution in [0.25, 0.3) is 10.2 Å². The number of hydrogen-bond donors (Lipinski definition) is 1. The van der Waals surface area contributed by atoms with Gasteiger partial charge in [-0.3, -0.25) is 0 Å². The topological polar surface area (TPSA) is 43.4 Å². The lowest BCUT2D eigenvalue weighted by molar-refractivity contribution is 0.231. The maximum absolute atomic E-state index is 5.90. The van der Waals surface area contributed by atoms with E-state index in [-0.39, 0.29) is 12.2 Å². The van der Waals surface area contributed by atoms with Gasteiger partial charge in [-0.15, -0.1) is 0 Å². The van der Waals surface area contributed by atoms with Gasteiger partial charge in [0, 0.05) is 12.6 Å². The third-order valence-electron chi connectivity index (χ3n) is 2.69. The normalized spacial score (nSPS) is 11.4. The monoisotopic (exact) mass is 308 g/mol. The molecule has 0 radical (unpaired) electrons. The lowest BCUT2D eigenvalue weighted by atomic mass is 10.3. The second-order valence-electron chi connectivity index (χ2n) is 5.55. The predicted molar refractivity (Wildman–Crippen MR) is 89.9 cm³/mol. The van der Waals surface area contributed by atoms with Crippen LogP contribution in [-0.2, 0) is 0 Å². The van der Waals surface area contributed by atoms with E-state index in [1.54, 1.807) is 11.3 Å². The number of thiazole rings is 1. The van der Waals surface area contributed by atoms with Crippen molar-refractivity contribution in [3.05, 3.63) is 12.1 Å². The average Bonchev–Trinajstić information content (AvgIpc) is 2.78. The van der Waals surface area contributed by atoms with E-state index >= 15 is 0 Å². The molecule has 0 aliphatic rings. The predicted octanol–water partition coefficient (Wildman–Crippen LogP) is 4.69. The molecule has 0 unspecified atom stereocenters. The average molecular weight is 308 g/mol. The van der Waals surface area contributed by atoms with Gasteiger partial charge in [-0.2, -0.15) is 0 Å². The van der Waals surface area contributed by atoms with Crippen molar-refractivity contribution in [2.75, 3.05) is 11.9 Å². The van der Waals surface area contributed by atoms with Crippen molar-refractivity contribution < 1.29 is 9.47 Å². The van der Waals surface area contributed by atoms with Crippen molar-refractivity contribution >= 4 is 26.7 Å². The molecule has 116 valence electrons. The molecule has 4 nitrogen and oxygen atoms in total. The maximum Gasteiger partial charge on any atom is 0.183 e. The summed E-state index contributed by atoms with van der Waals surface area (Å²) < 4.78 is 12.8. The number of aromatic nitrogens is 1. The third kappa shape index (κ3) is 4.24. The van der Waals surface area contributed by atoms with Crippen LogP contribution in [0.1, 0.15) is 41.0 Å². The molecular formula is C16H24N2O2S. The molecule has 1 heterocycles. The van der Waals surface area contributed by atoms with E-state index in [0.29, 0.717) is 0 Å². The number of rotatable bonds is 7. The Labute approximate surface area is 130 Å². The first-order chi connectivity index (χ1) is 9.99. The van der Waals surface area contributed by atoms with Crippen LogP contribution in [0.3, 0.4) is 0 Å². The fourth-order valence-corrected chi connectivity index (χ4v) is 2.90. The van der Waals surface area contributed by atoms with Crippen molar-refractivity contribution in [2.45, 2.75) is 53.2 Å². The van der Waals surface area contributed by atoms with Gasteiger partial charge in [-0.25, -0.2) is 4.98 Å². The summed E-state index contributed by atoms with van der Waals surface area (Å²) in [6, 6.07) is 3.98. The Morgan fingerprint density at radius 1 is 1.14 bits per heavy atom. The van der Waals surface area contributed by atoms with E-state index < -0.39 is 0 Å². The number of nitrogens with zero attached hydrogens (tertiary/aromatic N) is 1. The Morgan fingerprint density at radius 3 is 2.48 bits per heavy atom. The summed E-state index contributed by atoms with van der Waals surface area (Å²) >= 11 is 1.64. The van der Waals surface area contributed by atoms with E-state index in [2.05, 4.69) is 17.2 Å². The number of ether oxygens (including phenoxy) is 2. The number of anilines is 1. The van der Waals surface area contributed by atoms with Gasteiger partial charge < -0.3 is 14.8 Å². The van der Waals surface area contributed by atoms with Gasteiger partial charge in [0.1, 0.15) is 11.3 Å². The van der Waals surface area contributed by atoms with E-state index in [4.69, 9.17) is 9.47 Å². The zero-order chi connectivity index (χ0) is 15.4. The molecule has 0 spiro atoms. The first-order valence-corrected chi connectivity index (χ1v) is 8.33. The van der Waals surface area contributed by atoms with Gasteiger partial charge >= 0.3 is 0 Å². The molecular weight excluding hydrogens is 284 g/mol. The highest BCUT2D eigenvalue weighted by molar-refractivity contribution is 7.22. The Morgan fingerprint density at radius 2 is 1.86 bits per heavy atom. The fourth-order valence-electron chi connectivity index (χ4n) is 1.97. The van der Waals surface area contributed by atoms with Crippen LogP contribution in [0.15, 0.2) is 12.1 Å². The molecule has 2 rings (SSSR count). The summed E-state index contributed by atoms with van der Waals surface area (Å²) in [5.41, 5.74) is 0.906. The van der Waals surface area contributed by atoms with Crippen molar-refractivity contribution in [1.29, 1.82) is 0 Å². The summed E-state index contributed by atoms with van der Waals surface area (Å²) in [5.74, 6) is 1.62. The molecule has 2 aromatic rings. The Hall–Kier alpha value is -1.49. The van der Waals surface area contributed by atoms with Gasteiger partial charge in [-0.1, -0.05) is 18.3 Å². The molecule has 0 aliphatic heterocycles. The van der Waals surface area contributed by atoms with Gasteiger partial charge in [-0.05, 0) is 40.2 Å². The van der Waals surface area contributed by atoms with Gasteiger partial charge in [0.05, 0.1) is 16.9 Å². The summed E-state index contributed by atoms with van der Waals surface area (Å²) in [7, 11) is 0. The zero-order valence-electron chi connectivity index (χ0n) is 13.4. The highest BCUT2D eigenvalue weighted by Gasteiger charge is 2.14. The van der Waals surface area contributed by atoms with E-state index in [1.165, 1.54) is 0 Å². The summed E-state index contributed by atoms with van der Waals surface area (Å²) in [6.07, 6.45) is 1.32. The summed E-state index contributed by atoms with van der Waals surface area (Å²) in [5, 5.41) is 4.27.